The molecule has 1 atom stereocenters. The van der Waals surface area contributed by atoms with Gasteiger partial charge in [-0.1, -0.05) is 11.6 Å². The van der Waals surface area contributed by atoms with Gasteiger partial charge in [-0.2, -0.15) is 0 Å². The summed E-state index contributed by atoms with van der Waals surface area (Å²) in [5, 5.41) is 13.3. The maximum absolute atomic E-state index is 13.5. The fourth-order valence-electron chi connectivity index (χ4n) is 1.45. The Kier molecular flexibility index (Phi) is 5.92. The van der Waals surface area contributed by atoms with Crippen molar-refractivity contribution in [1.29, 1.82) is 0 Å². The third-order valence-electron chi connectivity index (χ3n) is 2.46. The number of primary amides is 1. The topological polar surface area (TPSA) is 122 Å². The van der Waals surface area contributed by atoms with Gasteiger partial charge in [-0.3, -0.25) is 4.79 Å². The van der Waals surface area contributed by atoms with Crippen LogP contribution in [-0.4, -0.2) is 29.1 Å². The van der Waals surface area contributed by atoms with Crippen molar-refractivity contribution in [2.75, 3.05) is 5.32 Å². The van der Waals surface area contributed by atoms with Crippen molar-refractivity contribution in [3.63, 3.8) is 0 Å². The number of carboxylic acids is 1. The molecule has 0 fully saturated rings. The first-order chi connectivity index (χ1) is 9.79. The van der Waals surface area contributed by atoms with Crippen molar-refractivity contribution < 1.29 is 23.9 Å². The van der Waals surface area contributed by atoms with E-state index in [2.05, 4.69) is 10.6 Å². The summed E-state index contributed by atoms with van der Waals surface area (Å²) in [6.07, 6.45) is -0.367. The molecule has 0 saturated carbocycles. The molecule has 0 heterocycles. The number of rotatable bonds is 6. The van der Waals surface area contributed by atoms with Gasteiger partial charge in [0.2, 0.25) is 5.91 Å². The Morgan fingerprint density at radius 3 is 2.57 bits per heavy atom. The van der Waals surface area contributed by atoms with Crippen LogP contribution >= 0.6 is 11.6 Å². The minimum Gasteiger partial charge on any atom is -0.480 e. The lowest BCUT2D eigenvalue weighted by atomic mass is 10.1. The van der Waals surface area contributed by atoms with E-state index in [9.17, 15) is 18.8 Å². The lowest BCUT2D eigenvalue weighted by Gasteiger charge is -2.14. The number of benzene rings is 1. The Labute approximate surface area is 124 Å². The summed E-state index contributed by atoms with van der Waals surface area (Å²) in [6, 6.07) is 1.36. The third-order valence-corrected chi connectivity index (χ3v) is 2.70. The summed E-state index contributed by atoms with van der Waals surface area (Å²) in [5.74, 6) is -2.78. The van der Waals surface area contributed by atoms with Crippen LogP contribution in [0.1, 0.15) is 12.8 Å². The highest BCUT2D eigenvalue weighted by molar-refractivity contribution is 6.30. The quantitative estimate of drug-likeness (QED) is 0.632. The molecule has 1 aromatic carbocycles. The summed E-state index contributed by atoms with van der Waals surface area (Å²) in [4.78, 5) is 33.2. The lowest BCUT2D eigenvalue weighted by molar-refractivity contribution is -0.139. The molecule has 0 aromatic heterocycles. The van der Waals surface area contributed by atoms with Gasteiger partial charge < -0.3 is 21.5 Å². The number of amides is 3. The van der Waals surface area contributed by atoms with Crippen molar-refractivity contribution in [2.45, 2.75) is 18.9 Å². The van der Waals surface area contributed by atoms with E-state index in [0.717, 1.165) is 6.07 Å². The average Bonchev–Trinajstić information content (AvgIpc) is 2.37. The fraction of sp³-hybridized carbons (Fsp3) is 0.250. The highest BCUT2D eigenvalue weighted by atomic mass is 35.5. The Morgan fingerprint density at radius 2 is 2.05 bits per heavy atom. The van der Waals surface area contributed by atoms with Crippen LogP contribution in [0.5, 0.6) is 0 Å². The Morgan fingerprint density at radius 1 is 1.38 bits per heavy atom. The third kappa shape index (κ3) is 5.65. The fourth-order valence-corrected chi connectivity index (χ4v) is 1.61. The van der Waals surface area contributed by atoms with E-state index in [0.29, 0.717) is 0 Å². The number of carboxylic acid groups (broad SMARTS) is 1. The van der Waals surface area contributed by atoms with Gasteiger partial charge >= 0.3 is 12.0 Å². The van der Waals surface area contributed by atoms with Crippen LogP contribution in [0.3, 0.4) is 0 Å². The van der Waals surface area contributed by atoms with E-state index < -0.39 is 29.8 Å². The normalized spacial score (nSPS) is 11.5. The van der Waals surface area contributed by atoms with Crippen LogP contribution in [0.25, 0.3) is 0 Å². The van der Waals surface area contributed by atoms with Gasteiger partial charge in [0, 0.05) is 11.4 Å². The van der Waals surface area contributed by atoms with Crippen LogP contribution < -0.4 is 16.4 Å². The average molecular weight is 318 g/mol. The highest BCUT2D eigenvalue weighted by Crippen LogP contribution is 2.18. The number of aliphatic carboxylic acids is 1. The first kappa shape index (κ1) is 16.7. The molecular formula is C12H13ClFN3O4. The van der Waals surface area contributed by atoms with E-state index in [-0.39, 0.29) is 23.6 Å². The van der Waals surface area contributed by atoms with Crippen molar-refractivity contribution in [3.05, 3.63) is 29.0 Å². The van der Waals surface area contributed by atoms with E-state index >= 15 is 0 Å². The summed E-state index contributed by atoms with van der Waals surface area (Å²) in [6.45, 7) is 0. The molecule has 0 aliphatic carbocycles. The van der Waals surface area contributed by atoms with E-state index in [1.165, 1.54) is 12.1 Å². The summed E-state index contributed by atoms with van der Waals surface area (Å²) < 4.78 is 13.5. The molecule has 21 heavy (non-hydrogen) atoms. The molecule has 0 saturated heterocycles. The van der Waals surface area contributed by atoms with E-state index in [1.54, 1.807) is 0 Å². The molecule has 0 radical (unpaired) electrons. The summed E-state index contributed by atoms with van der Waals surface area (Å²) >= 11 is 5.56. The maximum Gasteiger partial charge on any atom is 0.326 e. The van der Waals surface area contributed by atoms with Crippen molar-refractivity contribution in [1.82, 2.24) is 5.32 Å². The second-order valence-corrected chi connectivity index (χ2v) is 4.55. The first-order valence-corrected chi connectivity index (χ1v) is 6.21. The molecule has 0 spiro atoms. The summed E-state index contributed by atoms with van der Waals surface area (Å²) in [7, 11) is 0. The van der Waals surface area contributed by atoms with Crippen molar-refractivity contribution in [2.24, 2.45) is 5.73 Å². The molecule has 3 amide bonds. The van der Waals surface area contributed by atoms with Gasteiger partial charge in [0.05, 0.1) is 5.69 Å². The van der Waals surface area contributed by atoms with Crippen LogP contribution in [0, 0.1) is 5.82 Å². The van der Waals surface area contributed by atoms with E-state index in [4.69, 9.17) is 22.4 Å². The number of nitrogens with one attached hydrogen (secondary N) is 2. The van der Waals surface area contributed by atoms with Gasteiger partial charge in [-0.25, -0.2) is 14.0 Å². The zero-order valence-electron chi connectivity index (χ0n) is 10.7. The Hall–Kier alpha value is -2.35. The van der Waals surface area contributed by atoms with Gasteiger partial charge in [-0.05, 0) is 24.6 Å². The van der Waals surface area contributed by atoms with Gasteiger partial charge in [0.25, 0.3) is 0 Å². The molecule has 1 unspecified atom stereocenters. The number of urea groups is 1. The minimum atomic E-state index is -1.33. The molecule has 0 bridgehead atoms. The summed E-state index contributed by atoms with van der Waals surface area (Å²) in [5.41, 5.74) is 4.75. The molecule has 114 valence electrons. The molecule has 1 aromatic rings. The predicted molar refractivity (Wildman–Crippen MR) is 73.4 cm³/mol. The molecule has 7 nitrogen and oxygen atoms in total. The number of hydrogen-bond acceptors (Lipinski definition) is 3. The molecule has 9 heteroatoms. The van der Waals surface area contributed by atoms with Gasteiger partial charge in [-0.15, -0.1) is 0 Å². The second-order valence-electron chi connectivity index (χ2n) is 4.12. The molecular weight excluding hydrogens is 305 g/mol. The lowest BCUT2D eigenvalue weighted by Crippen LogP contribution is -2.43. The van der Waals surface area contributed by atoms with Crippen LogP contribution in [-0.2, 0) is 9.59 Å². The number of carbonyl (C=O) groups excluding carboxylic acids is 2. The standard InChI is InChI=1S/C12H13ClFN3O4/c13-6-1-2-8(7(14)5-6)16-12(21)17-9(11(19)20)3-4-10(15)18/h1-2,5,9H,3-4H2,(H2,15,18)(H,19,20)(H2,16,17,21). The number of halogens is 2. The van der Waals surface area contributed by atoms with Crippen LogP contribution in [0.2, 0.25) is 5.02 Å². The highest BCUT2D eigenvalue weighted by Gasteiger charge is 2.21. The predicted octanol–water partition coefficient (Wildman–Crippen LogP) is 1.32. The Bertz CT molecular complexity index is 567. The van der Waals surface area contributed by atoms with Crippen molar-refractivity contribution in [3.8, 4) is 0 Å². The largest absolute Gasteiger partial charge is 0.480 e. The SMILES string of the molecule is NC(=O)CCC(NC(=O)Nc1ccc(Cl)cc1F)C(=O)O. The maximum atomic E-state index is 13.5. The van der Waals surface area contributed by atoms with Gasteiger partial charge in [0.1, 0.15) is 11.9 Å². The molecule has 0 aliphatic rings. The minimum absolute atomic E-state index is 0.156. The number of carbonyl (C=O) groups is 3. The first-order valence-electron chi connectivity index (χ1n) is 5.83. The molecule has 5 N–H and O–H groups in total. The number of anilines is 1. The zero-order valence-corrected chi connectivity index (χ0v) is 11.5. The van der Waals surface area contributed by atoms with Crippen LogP contribution in [0.15, 0.2) is 18.2 Å². The number of hydrogen-bond donors (Lipinski definition) is 4. The van der Waals surface area contributed by atoms with E-state index in [1.807, 2.05) is 0 Å². The Balaban J connectivity index is 2.65. The molecule has 1 rings (SSSR count). The van der Waals surface area contributed by atoms with Gasteiger partial charge in [0.15, 0.2) is 0 Å². The number of nitrogens with two attached hydrogens (primary N) is 1. The van der Waals surface area contributed by atoms with Crippen molar-refractivity contribution >= 4 is 35.2 Å². The monoisotopic (exact) mass is 317 g/mol. The molecule has 0 aliphatic heterocycles. The second kappa shape index (κ2) is 7.44. The van der Waals surface area contributed by atoms with Crippen LogP contribution in [0.4, 0.5) is 14.9 Å². The smallest absolute Gasteiger partial charge is 0.326 e. The zero-order chi connectivity index (χ0) is 16.0.